The van der Waals surface area contributed by atoms with E-state index in [-0.39, 0.29) is 0 Å². The van der Waals surface area contributed by atoms with Crippen LogP contribution in [0.15, 0.2) is 52.0 Å². The lowest BCUT2D eigenvalue weighted by molar-refractivity contribution is -0.0987. The van der Waals surface area contributed by atoms with Gasteiger partial charge >= 0.3 is 0 Å². The fourth-order valence-corrected chi connectivity index (χ4v) is 1.44. The van der Waals surface area contributed by atoms with E-state index in [0.717, 1.165) is 22.0 Å². The standard InChI is InChI=1S/C11H13N3O/c1-8-9(2)14(15)11(13-12-8)10-6-4-3-5-7-10/h3-7,11,15H,1-2H3. The van der Waals surface area contributed by atoms with Gasteiger partial charge in [-0.2, -0.15) is 10.2 Å². The summed E-state index contributed by atoms with van der Waals surface area (Å²) in [6.07, 6.45) is -0.421. The molecule has 0 fully saturated rings. The summed E-state index contributed by atoms with van der Waals surface area (Å²) in [5.74, 6) is 0. The van der Waals surface area contributed by atoms with Crippen LogP contribution in [0.1, 0.15) is 25.6 Å². The van der Waals surface area contributed by atoms with Crippen molar-refractivity contribution in [1.82, 2.24) is 5.06 Å². The normalized spacial score (nSPS) is 21.0. The van der Waals surface area contributed by atoms with E-state index >= 15 is 0 Å². The zero-order valence-electron chi connectivity index (χ0n) is 8.75. The van der Waals surface area contributed by atoms with Gasteiger partial charge in [-0.15, -0.1) is 0 Å². The highest BCUT2D eigenvalue weighted by Crippen LogP contribution is 2.29. The minimum absolute atomic E-state index is 0.421. The van der Waals surface area contributed by atoms with E-state index in [1.165, 1.54) is 0 Å². The summed E-state index contributed by atoms with van der Waals surface area (Å²) in [7, 11) is 0. The molecule has 0 saturated carbocycles. The molecule has 1 unspecified atom stereocenters. The van der Waals surface area contributed by atoms with Gasteiger partial charge in [-0.25, -0.2) is 5.06 Å². The average molecular weight is 203 g/mol. The Hall–Kier alpha value is -1.68. The number of hydroxylamine groups is 2. The molecule has 1 atom stereocenters. The van der Waals surface area contributed by atoms with Gasteiger partial charge in [-0.05, 0) is 13.8 Å². The van der Waals surface area contributed by atoms with Crippen LogP contribution in [-0.2, 0) is 0 Å². The number of allylic oxidation sites excluding steroid dienone is 2. The number of hydrogen-bond donors (Lipinski definition) is 1. The zero-order valence-corrected chi connectivity index (χ0v) is 8.75. The van der Waals surface area contributed by atoms with Gasteiger partial charge in [0.05, 0.1) is 11.4 Å². The van der Waals surface area contributed by atoms with Gasteiger partial charge < -0.3 is 0 Å². The van der Waals surface area contributed by atoms with Crippen molar-refractivity contribution in [3.63, 3.8) is 0 Å². The molecule has 0 aliphatic carbocycles. The van der Waals surface area contributed by atoms with E-state index in [4.69, 9.17) is 0 Å². The van der Waals surface area contributed by atoms with Crippen LogP contribution >= 0.6 is 0 Å². The molecule has 4 nitrogen and oxygen atoms in total. The molecule has 1 heterocycles. The Morgan fingerprint density at radius 1 is 1.20 bits per heavy atom. The molecule has 0 radical (unpaired) electrons. The maximum atomic E-state index is 9.88. The van der Waals surface area contributed by atoms with E-state index in [9.17, 15) is 5.21 Å². The number of benzene rings is 1. The Bertz CT molecular complexity index is 411. The Balaban J connectivity index is 2.32. The smallest absolute Gasteiger partial charge is 0.191 e. The summed E-state index contributed by atoms with van der Waals surface area (Å²) >= 11 is 0. The van der Waals surface area contributed by atoms with Crippen molar-refractivity contribution in [2.75, 3.05) is 0 Å². The van der Waals surface area contributed by atoms with Crippen molar-refractivity contribution >= 4 is 0 Å². The molecule has 1 aromatic rings. The van der Waals surface area contributed by atoms with Crippen molar-refractivity contribution in [1.29, 1.82) is 0 Å². The van der Waals surface area contributed by atoms with Crippen LogP contribution < -0.4 is 0 Å². The quantitative estimate of drug-likeness (QED) is 0.762. The predicted molar refractivity (Wildman–Crippen MR) is 56.0 cm³/mol. The van der Waals surface area contributed by atoms with Crippen LogP contribution in [0.25, 0.3) is 0 Å². The van der Waals surface area contributed by atoms with Crippen molar-refractivity contribution in [3.05, 3.63) is 47.3 Å². The first-order valence-electron chi connectivity index (χ1n) is 4.81. The van der Waals surface area contributed by atoms with Gasteiger partial charge in [0.1, 0.15) is 0 Å². The highest BCUT2D eigenvalue weighted by molar-refractivity contribution is 5.21. The van der Waals surface area contributed by atoms with Crippen molar-refractivity contribution < 1.29 is 5.21 Å². The van der Waals surface area contributed by atoms with Crippen LogP contribution in [0.5, 0.6) is 0 Å². The molecule has 1 aliphatic heterocycles. The lowest BCUT2D eigenvalue weighted by Gasteiger charge is -2.27. The highest BCUT2D eigenvalue weighted by atomic mass is 16.5. The highest BCUT2D eigenvalue weighted by Gasteiger charge is 2.23. The molecule has 2 rings (SSSR count). The van der Waals surface area contributed by atoms with Gasteiger partial charge in [-0.1, -0.05) is 30.3 Å². The molecule has 1 aliphatic rings. The summed E-state index contributed by atoms with van der Waals surface area (Å²) in [5, 5.41) is 19.1. The number of nitrogens with zero attached hydrogens (tertiary/aromatic N) is 3. The third kappa shape index (κ3) is 1.76. The van der Waals surface area contributed by atoms with Gasteiger partial charge in [0.2, 0.25) is 0 Å². The molecule has 15 heavy (non-hydrogen) atoms. The number of rotatable bonds is 1. The van der Waals surface area contributed by atoms with Crippen LogP contribution in [-0.4, -0.2) is 10.3 Å². The fraction of sp³-hybridized carbons (Fsp3) is 0.273. The van der Waals surface area contributed by atoms with E-state index < -0.39 is 6.17 Å². The van der Waals surface area contributed by atoms with Crippen LogP contribution in [0.3, 0.4) is 0 Å². The first-order valence-corrected chi connectivity index (χ1v) is 4.81. The lowest BCUT2D eigenvalue weighted by atomic mass is 10.1. The molecule has 0 bridgehead atoms. The summed E-state index contributed by atoms with van der Waals surface area (Å²) in [5.41, 5.74) is 2.40. The molecule has 4 heteroatoms. The Labute approximate surface area is 88.5 Å². The van der Waals surface area contributed by atoms with Crippen molar-refractivity contribution in [3.8, 4) is 0 Å². The van der Waals surface area contributed by atoms with Crippen LogP contribution in [0, 0.1) is 0 Å². The second kappa shape index (κ2) is 3.82. The average Bonchev–Trinajstić information content (AvgIpc) is 2.27. The zero-order chi connectivity index (χ0) is 10.8. The van der Waals surface area contributed by atoms with E-state index in [1.807, 2.05) is 44.2 Å². The summed E-state index contributed by atoms with van der Waals surface area (Å²) < 4.78 is 0. The van der Waals surface area contributed by atoms with E-state index in [1.54, 1.807) is 0 Å². The number of azo groups is 1. The first kappa shape index (κ1) is 9.86. The minimum atomic E-state index is -0.421. The third-order valence-corrected chi connectivity index (χ3v) is 2.51. The first-order chi connectivity index (χ1) is 7.20. The van der Waals surface area contributed by atoms with E-state index in [2.05, 4.69) is 10.2 Å². The summed E-state index contributed by atoms with van der Waals surface area (Å²) in [4.78, 5) is 0. The van der Waals surface area contributed by atoms with Crippen molar-refractivity contribution in [2.24, 2.45) is 10.2 Å². The second-order valence-corrected chi connectivity index (χ2v) is 3.52. The Kier molecular flexibility index (Phi) is 2.51. The largest absolute Gasteiger partial charge is 0.286 e. The lowest BCUT2D eigenvalue weighted by Crippen LogP contribution is -2.24. The molecular weight excluding hydrogens is 190 g/mol. The van der Waals surface area contributed by atoms with Gasteiger partial charge in [0, 0.05) is 5.56 Å². The second-order valence-electron chi connectivity index (χ2n) is 3.52. The summed E-state index contributed by atoms with van der Waals surface area (Å²) in [6, 6.07) is 9.60. The summed E-state index contributed by atoms with van der Waals surface area (Å²) in [6.45, 7) is 3.65. The van der Waals surface area contributed by atoms with Crippen molar-refractivity contribution in [2.45, 2.75) is 20.0 Å². The third-order valence-electron chi connectivity index (χ3n) is 2.51. The van der Waals surface area contributed by atoms with Crippen LogP contribution in [0.4, 0.5) is 0 Å². The molecule has 0 aromatic heterocycles. The molecule has 78 valence electrons. The topological polar surface area (TPSA) is 48.2 Å². The number of hydrogen-bond acceptors (Lipinski definition) is 4. The van der Waals surface area contributed by atoms with Crippen LogP contribution in [0.2, 0.25) is 0 Å². The maximum Gasteiger partial charge on any atom is 0.191 e. The molecule has 0 saturated heterocycles. The van der Waals surface area contributed by atoms with Gasteiger partial charge in [0.25, 0.3) is 0 Å². The molecule has 1 aromatic carbocycles. The fourth-order valence-electron chi connectivity index (χ4n) is 1.44. The molecule has 1 N–H and O–H groups in total. The van der Waals surface area contributed by atoms with E-state index in [0.29, 0.717) is 0 Å². The molecule has 0 spiro atoms. The monoisotopic (exact) mass is 203 g/mol. The van der Waals surface area contributed by atoms with Gasteiger partial charge in [0.15, 0.2) is 6.17 Å². The van der Waals surface area contributed by atoms with Gasteiger partial charge in [-0.3, -0.25) is 5.21 Å². The minimum Gasteiger partial charge on any atom is -0.286 e. The maximum absolute atomic E-state index is 9.88. The molecule has 0 amide bonds. The Morgan fingerprint density at radius 2 is 1.87 bits per heavy atom. The predicted octanol–water partition coefficient (Wildman–Crippen LogP) is 3.09. The SMILES string of the molecule is CC1=C(C)N(O)C(c2ccccc2)N=N1. The Morgan fingerprint density at radius 3 is 2.53 bits per heavy atom. The molecular formula is C11H13N3O.